The molecule has 2 aliphatic rings. The number of nitrogens with zero attached hydrogens (tertiary/aromatic N) is 2. The van der Waals surface area contributed by atoms with Gasteiger partial charge in [-0.3, -0.25) is 10.2 Å². The molecular formula is C18H26FN3O3S. The van der Waals surface area contributed by atoms with Crippen molar-refractivity contribution in [3.8, 4) is 0 Å². The number of carbonyl (C=O) groups is 1. The van der Waals surface area contributed by atoms with Crippen LogP contribution in [0.25, 0.3) is 0 Å². The van der Waals surface area contributed by atoms with Crippen molar-refractivity contribution >= 4 is 15.9 Å². The number of halogens is 1. The fraction of sp³-hybridized carbons (Fsp3) is 0.611. The van der Waals surface area contributed by atoms with Crippen LogP contribution in [0.5, 0.6) is 0 Å². The third kappa shape index (κ3) is 4.81. The number of hydrogen-bond acceptors (Lipinski definition) is 4. The van der Waals surface area contributed by atoms with Crippen LogP contribution in [0.15, 0.2) is 29.2 Å². The Morgan fingerprint density at radius 3 is 2.46 bits per heavy atom. The molecule has 2 aliphatic heterocycles. The van der Waals surface area contributed by atoms with Crippen LogP contribution >= 0.6 is 0 Å². The Balaban J connectivity index is 1.58. The number of piperidine rings is 2. The molecule has 2 heterocycles. The summed E-state index contributed by atoms with van der Waals surface area (Å²) in [4.78, 5) is 12.4. The summed E-state index contributed by atoms with van der Waals surface area (Å²) in [6.45, 7) is 2.51. The lowest BCUT2D eigenvalue weighted by Gasteiger charge is -2.32. The molecule has 0 bridgehead atoms. The molecule has 1 atom stereocenters. The third-order valence-electron chi connectivity index (χ3n) is 5.05. The molecule has 0 radical (unpaired) electrons. The monoisotopic (exact) mass is 383 g/mol. The maximum absolute atomic E-state index is 13.1. The first-order valence-corrected chi connectivity index (χ1v) is 10.7. The molecule has 1 aromatic carbocycles. The lowest BCUT2D eigenvalue weighted by molar-refractivity contribution is -0.127. The van der Waals surface area contributed by atoms with Crippen LogP contribution in [0.3, 0.4) is 0 Å². The Hall–Kier alpha value is -1.51. The molecule has 8 heteroatoms. The van der Waals surface area contributed by atoms with E-state index in [-0.39, 0.29) is 16.7 Å². The van der Waals surface area contributed by atoms with E-state index in [9.17, 15) is 17.6 Å². The summed E-state index contributed by atoms with van der Waals surface area (Å²) in [5.74, 6) is -0.503. The molecule has 0 spiro atoms. The van der Waals surface area contributed by atoms with E-state index in [0.717, 1.165) is 50.9 Å². The highest BCUT2D eigenvalue weighted by atomic mass is 32.2. The fourth-order valence-corrected chi connectivity index (χ4v) is 5.21. The number of amides is 1. The average Bonchev–Trinajstić information content (AvgIpc) is 2.63. The molecule has 2 saturated heterocycles. The van der Waals surface area contributed by atoms with E-state index < -0.39 is 15.8 Å². The van der Waals surface area contributed by atoms with E-state index in [2.05, 4.69) is 5.43 Å². The Kier molecular flexibility index (Phi) is 6.26. The van der Waals surface area contributed by atoms with Crippen LogP contribution in [0, 0.1) is 11.7 Å². The fourth-order valence-electron chi connectivity index (χ4n) is 3.66. The normalized spacial score (nSPS) is 22.9. The molecule has 1 aromatic rings. The van der Waals surface area contributed by atoms with E-state index in [0.29, 0.717) is 19.5 Å². The average molecular weight is 383 g/mol. The van der Waals surface area contributed by atoms with Crippen LogP contribution in [0.4, 0.5) is 4.39 Å². The van der Waals surface area contributed by atoms with Crippen molar-refractivity contribution in [2.75, 3.05) is 26.2 Å². The van der Waals surface area contributed by atoms with Gasteiger partial charge in [-0.15, -0.1) is 0 Å². The Morgan fingerprint density at radius 1 is 1.08 bits per heavy atom. The first-order valence-electron chi connectivity index (χ1n) is 9.25. The van der Waals surface area contributed by atoms with Crippen molar-refractivity contribution in [2.24, 2.45) is 5.92 Å². The van der Waals surface area contributed by atoms with Crippen LogP contribution in [-0.2, 0) is 14.8 Å². The van der Waals surface area contributed by atoms with Gasteiger partial charge in [0.1, 0.15) is 5.82 Å². The second kappa shape index (κ2) is 8.45. The molecule has 26 heavy (non-hydrogen) atoms. The second-order valence-electron chi connectivity index (χ2n) is 7.11. The van der Waals surface area contributed by atoms with Gasteiger partial charge in [-0.1, -0.05) is 6.42 Å². The zero-order valence-corrected chi connectivity index (χ0v) is 15.7. The van der Waals surface area contributed by atoms with Gasteiger partial charge in [0.15, 0.2) is 0 Å². The summed E-state index contributed by atoms with van der Waals surface area (Å²) < 4.78 is 40.0. The minimum absolute atomic E-state index is 0.00349. The summed E-state index contributed by atoms with van der Waals surface area (Å²) in [5.41, 5.74) is 2.94. The summed E-state index contributed by atoms with van der Waals surface area (Å²) in [5, 5.41) is 1.96. The van der Waals surface area contributed by atoms with Gasteiger partial charge in [-0.25, -0.2) is 17.8 Å². The number of nitrogens with one attached hydrogen (secondary N) is 1. The summed E-state index contributed by atoms with van der Waals surface area (Å²) in [7, 11) is -3.65. The maximum atomic E-state index is 13.1. The molecule has 3 rings (SSSR count). The van der Waals surface area contributed by atoms with Crippen molar-refractivity contribution in [3.63, 3.8) is 0 Å². The van der Waals surface area contributed by atoms with Gasteiger partial charge in [-0.05, 0) is 55.9 Å². The van der Waals surface area contributed by atoms with E-state index in [1.165, 1.54) is 22.9 Å². The molecule has 2 fully saturated rings. The minimum Gasteiger partial charge on any atom is -0.289 e. The first kappa shape index (κ1) is 19.3. The summed E-state index contributed by atoms with van der Waals surface area (Å²) >= 11 is 0. The van der Waals surface area contributed by atoms with Gasteiger partial charge >= 0.3 is 0 Å². The van der Waals surface area contributed by atoms with Crippen LogP contribution in [-0.4, -0.2) is 49.8 Å². The van der Waals surface area contributed by atoms with Crippen LogP contribution in [0.1, 0.15) is 38.5 Å². The zero-order chi connectivity index (χ0) is 18.6. The van der Waals surface area contributed by atoms with Gasteiger partial charge < -0.3 is 0 Å². The van der Waals surface area contributed by atoms with Crippen LogP contribution in [0.2, 0.25) is 0 Å². The van der Waals surface area contributed by atoms with Crippen molar-refractivity contribution in [1.29, 1.82) is 0 Å². The minimum atomic E-state index is -3.65. The number of benzene rings is 1. The molecule has 0 aromatic heterocycles. The van der Waals surface area contributed by atoms with E-state index in [1.807, 2.05) is 5.01 Å². The van der Waals surface area contributed by atoms with Gasteiger partial charge in [0.05, 0.1) is 4.90 Å². The number of hydrazine groups is 1. The highest BCUT2D eigenvalue weighted by Crippen LogP contribution is 2.25. The van der Waals surface area contributed by atoms with Crippen molar-refractivity contribution in [2.45, 2.75) is 43.4 Å². The lowest BCUT2D eigenvalue weighted by atomic mass is 9.96. The topological polar surface area (TPSA) is 69.7 Å². The molecule has 1 N–H and O–H groups in total. The molecule has 1 amide bonds. The van der Waals surface area contributed by atoms with E-state index in [1.54, 1.807) is 0 Å². The van der Waals surface area contributed by atoms with Crippen LogP contribution < -0.4 is 5.43 Å². The predicted octanol–water partition coefficient (Wildman–Crippen LogP) is 2.13. The number of hydrogen-bond donors (Lipinski definition) is 1. The molecule has 0 aliphatic carbocycles. The standard InChI is InChI=1S/C18H26FN3O3S/c19-16-6-8-17(9-7-16)26(24,25)22-12-4-5-15(14-22)13-18(23)20-21-10-2-1-3-11-21/h6-9,15H,1-5,10-14H2,(H,20,23). The first-order chi connectivity index (χ1) is 12.4. The molecule has 0 saturated carbocycles. The molecule has 1 unspecified atom stereocenters. The van der Waals surface area contributed by atoms with Gasteiger partial charge in [0.25, 0.3) is 0 Å². The van der Waals surface area contributed by atoms with Crippen molar-refractivity contribution < 1.29 is 17.6 Å². The van der Waals surface area contributed by atoms with Crippen molar-refractivity contribution in [3.05, 3.63) is 30.1 Å². The zero-order valence-electron chi connectivity index (χ0n) is 14.9. The highest BCUT2D eigenvalue weighted by molar-refractivity contribution is 7.89. The predicted molar refractivity (Wildman–Crippen MR) is 96.1 cm³/mol. The Bertz CT molecular complexity index is 718. The molecular weight excluding hydrogens is 357 g/mol. The second-order valence-corrected chi connectivity index (χ2v) is 9.05. The Morgan fingerprint density at radius 2 is 1.77 bits per heavy atom. The van der Waals surface area contributed by atoms with Gasteiger partial charge in [0, 0.05) is 32.6 Å². The highest BCUT2D eigenvalue weighted by Gasteiger charge is 2.31. The number of sulfonamides is 1. The maximum Gasteiger partial charge on any atom is 0.243 e. The van der Waals surface area contributed by atoms with Gasteiger partial charge in [0.2, 0.25) is 15.9 Å². The third-order valence-corrected chi connectivity index (χ3v) is 6.93. The quantitative estimate of drug-likeness (QED) is 0.846. The van der Waals surface area contributed by atoms with E-state index >= 15 is 0 Å². The summed E-state index contributed by atoms with van der Waals surface area (Å²) in [6.07, 6.45) is 5.27. The smallest absolute Gasteiger partial charge is 0.243 e. The lowest BCUT2D eigenvalue weighted by Crippen LogP contribution is -2.47. The Labute approximate surface area is 154 Å². The molecule has 144 valence electrons. The van der Waals surface area contributed by atoms with E-state index in [4.69, 9.17) is 0 Å². The summed E-state index contributed by atoms with van der Waals surface area (Å²) in [6, 6.07) is 4.88. The number of carbonyl (C=O) groups excluding carboxylic acids is 1. The van der Waals surface area contributed by atoms with Crippen molar-refractivity contribution in [1.82, 2.24) is 14.7 Å². The largest absolute Gasteiger partial charge is 0.289 e. The van der Waals surface area contributed by atoms with Gasteiger partial charge in [-0.2, -0.15) is 4.31 Å². The SMILES string of the molecule is O=C(CC1CCCN(S(=O)(=O)c2ccc(F)cc2)C1)NN1CCCCC1. The molecule has 6 nitrogen and oxygen atoms in total. The number of rotatable bonds is 5.